The van der Waals surface area contributed by atoms with E-state index in [-0.39, 0.29) is 30.0 Å². The average molecular weight is 335 g/mol. The van der Waals surface area contributed by atoms with Gasteiger partial charge in [-0.1, -0.05) is 29.8 Å². The lowest BCUT2D eigenvalue weighted by Crippen LogP contribution is -2.31. The number of nitrogens with one attached hydrogen (secondary N) is 1. The molecule has 0 aliphatic heterocycles. The van der Waals surface area contributed by atoms with Crippen LogP contribution in [0.5, 0.6) is 5.75 Å². The topological polar surface area (TPSA) is 81.5 Å². The lowest BCUT2D eigenvalue weighted by molar-refractivity contribution is -0.384. The van der Waals surface area contributed by atoms with Crippen LogP contribution in [-0.4, -0.2) is 17.4 Å². The summed E-state index contributed by atoms with van der Waals surface area (Å²) in [6.07, 6.45) is 0. The van der Waals surface area contributed by atoms with Gasteiger partial charge in [-0.2, -0.15) is 0 Å². The van der Waals surface area contributed by atoms with Crippen molar-refractivity contribution in [3.8, 4) is 5.75 Å². The first-order valence-corrected chi connectivity index (χ1v) is 7.25. The molecule has 1 N–H and O–H groups in total. The van der Waals surface area contributed by atoms with Gasteiger partial charge in [-0.25, -0.2) is 0 Å². The number of amides is 1. The number of nitro groups is 1. The summed E-state index contributed by atoms with van der Waals surface area (Å²) in [4.78, 5) is 22.1. The van der Waals surface area contributed by atoms with Crippen molar-refractivity contribution in [2.75, 3.05) is 6.61 Å². The van der Waals surface area contributed by atoms with Gasteiger partial charge in [-0.05, 0) is 30.7 Å². The third-order valence-corrected chi connectivity index (χ3v) is 3.36. The normalized spacial score (nSPS) is 11.6. The van der Waals surface area contributed by atoms with Crippen LogP contribution in [0, 0.1) is 10.1 Å². The standard InChI is InChI=1S/C16H15ClN2O4/c1-11(12-4-2-5-13(17)8-12)18-16(20)10-23-15-7-3-6-14(9-15)19(21)22/h2-9,11H,10H2,1H3,(H,18,20)/t11-/m1/s1. The molecule has 0 saturated carbocycles. The number of carbonyl (C=O) groups is 1. The Morgan fingerprint density at radius 1 is 1.30 bits per heavy atom. The molecule has 0 bridgehead atoms. The Kier molecular flexibility index (Phi) is 5.54. The third-order valence-electron chi connectivity index (χ3n) is 3.12. The number of ether oxygens (including phenoxy) is 1. The zero-order chi connectivity index (χ0) is 16.8. The predicted molar refractivity (Wildman–Crippen MR) is 86.6 cm³/mol. The van der Waals surface area contributed by atoms with Gasteiger partial charge in [0.25, 0.3) is 11.6 Å². The third kappa shape index (κ3) is 4.96. The van der Waals surface area contributed by atoms with Crippen molar-refractivity contribution in [1.29, 1.82) is 0 Å². The highest BCUT2D eigenvalue weighted by atomic mass is 35.5. The summed E-state index contributed by atoms with van der Waals surface area (Å²) in [5, 5.41) is 14.0. The fourth-order valence-corrected chi connectivity index (χ4v) is 2.18. The van der Waals surface area contributed by atoms with Gasteiger partial charge in [0.05, 0.1) is 17.0 Å². The summed E-state index contributed by atoms with van der Waals surface area (Å²) in [6, 6.07) is 12.6. The number of rotatable bonds is 6. The molecule has 0 saturated heterocycles. The molecule has 120 valence electrons. The van der Waals surface area contributed by atoms with Gasteiger partial charge in [-0.3, -0.25) is 14.9 Å². The molecule has 0 aliphatic carbocycles. The first-order chi connectivity index (χ1) is 11.0. The molecule has 0 aliphatic rings. The predicted octanol–water partition coefficient (Wildman–Crippen LogP) is 3.50. The van der Waals surface area contributed by atoms with Crippen molar-refractivity contribution in [3.63, 3.8) is 0 Å². The van der Waals surface area contributed by atoms with E-state index in [2.05, 4.69) is 5.32 Å². The molecule has 23 heavy (non-hydrogen) atoms. The van der Waals surface area contributed by atoms with E-state index in [1.807, 2.05) is 13.0 Å². The molecular formula is C16H15ClN2O4. The number of carbonyl (C=O) groups excluding carboxylic acids is 1. The van der Waals surface area contributed by atoms with Gasteiger partial charge in [0.2, 0.25) is 0 Å². The SMILES string of the molecule is C[C@@H](NC(=O)COc1cccc([N+](=O)[O-])c1)c1cccc(Cl)c1. The van der Waals surface area contributed by atoms with E-state index in [1.54, 1.807) is 24.3 Å². The molecule has 0 fully saturated rings. The van der Waals surface area contributed by atoms with Gasteiger partial charge in [0.1, 0.15) is 5.75 Å². The second-order valence-corrected chi connectivity index (χ2v) is 5.32. The van der Waals surface area contributed by atoms with E-state index >= 15 is 0 Å². The number of halogens is 1. The van der Waals surface area contributed by atoms with Crippen LogP contribution in [-0.2, 0) is 4.79 Å². The van der Waals surface area contributed by atoms with Crippen LogP contribution in [0.3, 0.4) is 0 Å². The van der Waals surface area contributed by atoms with Crippen molar-refractivity contribution in [3.05, 3.63) is 69.2 Å². The molecule has 7 heteroatoms. The molecule has 0 aromatic heterocycles. The summed E-state index contributed by atoms with van der Waals surface area (Å²) in [5.41, 5.74) is 0.788. The lowest BCUT2D eigenvalue weighted by atomic mass is 10.1. The molecule has 2 aromatic rings. The van der Waals surface area contributed by atoms with Crippen LogP contribution >= 0.6 is 11.6 Å². The first kappa shape index (κ1) is 16.8. The van der Waals surface area contributed by atoms with E-state index in [4.69, 9.17) is 16.3 Å². The zero-order valence-corrected chi connectivity index (χ0v) is 13.1. The summed E-state index contributed by atoms with van der Waals surface area (Å²) < 4.78 is 5.28. The van der Waals surface area contributed by atoms with E-state index in [0.29, 0.717) is 5.02 Å². The lowest BCUT2D eigenvalue weighted by Gasteiger charge is -2.15. The van der Waals surface area contributed by atoms with Gasteiger partial charge in [0.15, 0.2) is 6.61 Å². The Morgan fingerprint density at radius 2 is 2.04 bits per heavy atom. The molecule has 0 unspecified atom stereocenters. The van der Waals surface area contributed by atoms with Crippen LogP contribution in [0.15, 0.2) is 48.5 Å². The van der Waals surface area contributed by atoms with Gasteiger partial charge in [0, 0.05) is 11.1 Å². The number of nitrogens with zero attached hydrogens (tertiary/aromatic N) is 1. The quantitative estimate of drug-likeness (QED) is 0.647. The fraction of sp³-hybridized carbons (Fsp3) is 0.188. The Balaban J connectivity index is 1.90. The minimum absolute atomic E-state index is 0.0878. The molecule has 2 aromatic carbocycles. The van der Waals surface area contributed by atoms with Crippen LogP contribution < -0.4 is 10.1 Å². The maximum atomic E-state index is 11.9. The summed E-state index contributed by atoms with van der Waals surface area (Å²) in [5.74, 6) is -0.0614. The van der Waals surface area contributed by atoms with Gasteiger partial charge >= 0.3 is 0 Å². The van der Waals surface area contributed by atoms with Crippen LogP contribution in [0.1, 0.15) is 18.5 Å². The maximum Gasteiger partial charge on any atom is 0.273 e. The minimum Gasteiger partial charge on any atom is -0.484 e. The number of hydrogen-bond donors (Lipinski definition) is 1. The first-order valence-electron chi connectivity index (χ1n) is 6.88. The zero-order valence-electron chi connectivity index (χ0n) is 12.4. The second kappa shape index (κ2) is 7.60. The largest absolute Gasteiger partial charge is 0.484 e. The second-order valence-electron chi connectivity index (χ2n) is 4.89. The van der Waals surface area contributed by atoms with Crippen LogP contribution in [0.4, 0.5) is 5.69 Å². The Hall–Kier alpha value is -2.60. The molecule has 1 atom stereocenters. The van der Waals surface area contributed by atoms with Gasteiger partial charge in [-0.15, -0.1) is 0 Å². The molecule has 6 nitrogen and oxygen atoms in total. The van der Waals surface area contributed by atoms with Crippen molar-refractivity contribution >= 4 is 23.2 Å². The van der Waals surface area contributed by atoms with Gasteiger partial charge < -0.3 is 10.1 Å². The minimum atomic E-state index is -0.520. The molecule has 0 radical (unpaired) electrons. The Morgan fingerprint density at radius 3 is 2.74 bits per heavy atom. The van der Waals surface area contributed by atoms with Crippen molar-refractivity contribution in [1.82, 2.24) is 5.32 Å². The van der Waals surface area contributed by atoms with E-state index < -0.39 is 4.92 Å². The Bertz CT molecular complexity index is 721. The van der Waals surface area contributed by atoms with Crippen molar-refractivity contribution in [2.45, 2.75) is 13.0 Å². The van der Waals surface area contributed by atoms with E-state index in [0.717, 1.165) is 5.56 Å². The number of nitro benzene ring substituents is 1. The number of non-ortho nitro benzene ring substituents is 1. The summed E-state index contributed by atoms with van der Waals surface area (Å²) >= 11 is 5.91. The number of benzene rings is 2. The van der Waals surface area contributed by atoms with Crippen LogP contribution in [0.2, 0.25) is 5.02 Å². The molecular weight excluding hydrogens is 320 g/mol. The van der Waals surface area contributed by atoms with E-state index in [1.165, 1.54) is 18.2 Å². The molecule has 0 spiro atoms. The smallest absolute Gasteiger partial charge is 0.273 e. The summed E-state index contributed by atoms with van der Waals surface area (Å²) in [7, 11) is 0. The highest BCUT2D eigenvalue weighted by Gasteiger charge is 2.12. The molecule has 1 amide bonds. The average Bonchev–Trinajstić information content (AvgIpc) is 2.53. The Labute approximate surface area is 138 Å². The van der Waals surface area contributed by atoms with Crippen molar-refractivity contribution < 1.29 is 14.5 Å². The number of hydrogen-bond acceptors (Lipinski definition) is 4. The van der Waals surface area contributed by atoms with Crippen molar-refractivity contribution in [2.24, 2.45) is 0 Å². The summed E-state index contributed by atoms with van der Waals surface area (Å²) in [6.45, 7) is 1.60. The molecule has 2 rings (SSSR count). The molecule has 0 heterocycles. The van der Waals surface area contributed by atoms with Crippen LogP contribution in [0.25, 0.3) is 0 Å². The highest BCUT2D eigenvalue weighted by molar-refractivity contribution is 6.30. The van der Waals surface area contributed by atoms with E-state index in [9.17, 15) is 14.9 Å². The fourth-order valence-electron chi connectivity index (χ4n) is 1.98. The maximum absolute atomic E-state index is 11.9. The monoisotopic (exact) mass is 334 g/mol. The highest BCUT2D eigenvalue weighted by Crippen LogP contribution is 2.19.